The summed E-state index contributed by atoms with van der Waals surface area (Å²) in [6, 6.07) is 8.05. The van der Waals surface area contributed by atoms with E-state index in [9.17, 15) is 9.18 Å². The summed E-state index contributed by atoms with van der Waals surface area (Å²) in [6.07, 6.45) is 1.73. The summed E-state index contributed by atoms with van der Waals surface area (Å²) in [5.41, 5.74) is 1.92. The van der Waals surface area contributed by atoms with E-state index in [1.807, 2.05) is 12.1 Å². The molecule has 0 bridgehead atoms. The van der Waals surface area contributed by atoms with Gasteiger partial charge >= 0.3 is 6.03 Å². The molecule has 2 amide bonds. The highest BCUT2D eigenvalue weighted by Crippen LogP contribution is 2.14. The smallest absolute Gasteiger partial charge is 0.319 e. The van der Waals surface area contributed by atoms with Gasteiger partial charge in [0.25, 0.3) is 0 Å². The third kappa shape index (κ3) is 4.68. The Morgan fingerprint density at radius 3 is 2.62 bits per heavy atom. The first-order valence-electron chi connectivity index (χ1n) is 8.04. The van der Waals surface area contributed by atoms with Gasteiger partial charge in [-0.25, -0.2) is 14.2 Å². The Labute approximate surface area is 141 Å². The number of carbonyl (C=O) groups excluding carboxylic acids is 1. The van der Waals surface area contributed by atoms with Gasteiger partial charge in [-0.15, -0.1) is 0 Å². The van der Waals surface area contributed by atoms with E-state index in [0.29, 0.717) is 17.8 Å². The van der Waals surface area contributed by atoms with Gasteiger partial charge in [-0.05, 0) is 56.2 Å². The van der Waals surface area contributed by atoms with Crippen molar-refractivity contribution in [3.05, 3.63) is 53.5 Å². The second-order valence-electron chi connectivity index (χ2n) is 5.47. The highest BCUT2D eigenvalue weighted by atomic mass is 19.1. The molecule has 2 aromatic rings. The highest BCUT2D eigenvalue weighted by Gasteiger charge is 2.07. The van der Waals surface area contributed by atoms with E-state index in [4.69, 9.17) is 0 Å². The van der Waals surface area contributed by atoms with Gasteiger partial charge in [-0.1, -0.05) is 6.07 Å². The van der Waals surface area contributed by atoms with Crippen LogP contribution >= 0.6 is 0 Å². The molecule has 0 aliphatic carbocycles. The summed E-state index contributed by atoms with van der Waals surface area (Å²) >= 11 is 0. The Morgan fingerprint density at radius 2 is 1.96 bits per heavy atom. The summed E-state index contributed by atoms with van der Waals surface area (Å²) in [5.74, 6) is 0.547. The fourth-order valence-electron chi connectivity index (χ4n) is 2.32. The van der Waals surface area contributed by atoms with E-state index in [0.717, 1.165) is 24.5 Å². The zero-order valence-electron chi connectivity index (χ0n) is 14.3. The number of hydrogen-bond acceptors (Lipinski definition) is 3. The number of rotatable bonds is 6. The zero-order valence-corrected chi connectivity index (χ0v) is 14.3. The molecule has 0 radical (unpaired) electrons. The van der Waals surface area contributed by atoms with Crippen LogP contribution in [0, 0.1) is 12.7 Å². The van der Waals surface area contributed by atoms with Crippen molar-refractivity contribution in [2.24, 2.45) is 0 Å². The maximum atomic E-state index is 13.5. The van der Waals surface area contributed by atoms with Gasteiger partial charge in [0.15, 0.2) is 0 Å². The molecule has 6 heteroatoms. The van der Waals surface area contributed by atoms with E-state index in [1.54, 1.807) is 25.3 Å². The molecule has 1 heterocycles. The SMILES string of the molecule is CCN(CC)c1cc(CNC(=O)Nc2ccc(C)c(F)c2)ccn1. The molecule has 1 aromatic heterocycles. The molecule has 0 spiro atoms. The van der Waals surface area contributed by atoms with Gasteiger partial charge in [-0.2, -0.15) is 0 Å². The Hall–Kier alpha value is -2.63. The summed E-state index contributed by atoms with van der Waals surface area (Å²) in [7, 11) is 0. The van der Waals surface area contributed by atoms with Crippen LogP contribution in [0.25, 0.3) is 0 Å². The van der Waals surface area contributed by atoms with E-state index in [-0.39, 0.29) is 11.8 Å². The minimum Gasteiger partial charge on any atom is -0.357 e. The van der Waals surface area contributed by atoms with Gasteiger partial charge in [0.2, 0.25) is 0 Å². The topological polar surface area (TPSA) is 57.3 Å². The van der Waals surface area contributed by atoms with Crippen LogP contribution in [0.15, 0.2) is 36.5 Å². The first-order valence-corrected chi connectivity index (χ1v) is 8.04. The minimum atomic E-state index is -0.376. The predicted molar refractivity (Wildman–Crippen MR) is 94.8 cm³/mol. The number of urea groups is 1. The Bertz CT molecular complexity index is 701. The van der Waals surface area contributed by atoms with Crippen molar-refractivity contribution in [1.29, 1.82) is 0 Å². The molecule has 0 fully saturated rings. The number of amides is 2. The van der Waals surface area contributed by atoms with E-state index in [1.165, 1.54) is 6.07 Å². The van der Waals surface area contributed by atoms with Gasteiger partial charge in [0, 0.05) is 31.5 Å². The van der Waals surface area contributed by atoms with Crippen molar-refractivity contribution in [3.8, 4) is 0 Å². The summed E-state index contributed by atoms with van der Waals surface area (Å²) in [5, 5.41) is 5.39. The molecule has 0 unspecified atom stereocenters. The standard InChI is InChI=1S/C18H23FN4O/c1-4-23(5-2)17-10-14(8-9-20-17)12-21-18(24)22-15-7-6-13(3)16(19)11-15/h6-11H,4-5,12H2,1-3H3,(H2,21,22,24). The van der Waals surface area contributed by atoms with Crippen molar-refractivity contribution in [1.82, 2.24) is 10.3 Å². The zero-order chi connectivity index (χ0) is 17.5. The molecule has 0 aliphatic rings. The van der Waals surface area contributed by atoms with Crippen LogP contribution in [-0.2, 0) is 6.54 Å². The molecule has 0 saturated carbocycles. The van der Waals surface area contributed by atoms with Crippen molar-refractivity contribution < 1.29 is 9.18 Å². The lowest BCUT2D eigenvalue weighted by Gasteiger charge is -2.20. The second kappa shape index (κ2) is 8.29. The lowest BCUT2D eigenvalue weighted by molar-refractivity contribution is 0.251. The first-order chi connectivity index (χ1) is 11.5. The number of nitrogens with one attached hydrogen (secondary N) is 2. The van der Waals surface area contributed by atoms with Crippen LogP contribution in [0.1, 0.15) is 25.0 Å². The van der Waals surface area contributed by atoms with Gasteiger partial charge in [0.1, 0.15) is 11.6 Å². The van der Waals surface area contributed by atoms with Crippen LogP contribution in [0.3, 0.4) is 0 Å². The maximum Gasteiger partial charge on any atom is 0.319 e. The Balaban J connectivity index is 1.94. The molecular formula is C18H23FN4O. The molecule has 0 saturated heterocycles. The predicted octanol–water partition coefficient (Wildman–Crippen LogP) is 3.70. The number of hydrogen-bond donors (Lipinski definition) is 2. The molecule has 128 valence electrons. The molecular weight excluding hydrogens is 307 g/mol. The van der Waals surface area contributed by atoms with Crippen molar-refractivity contribution in [2.45, 2.75) is 27.3 Å². The highest BCUT2D eigenvalue weighted by molar-refractivity contribution is 5.89. The quantitative estimate of drug-likeness (QED) is 0.849. The van der Waals surface area contributed by atoms with Crippen LogP contribution in [-0.4, -0.2) is 24.1 Å². The minimum absolute atomic E-state index is 0.342. The second-order valence-corrected chi connectivity index (χ2v) is 5.47. The number of benzene rings is 1. The Kier molecular flexibility index (Phi) is 6.12. The van der Waals surface area contributed by atoms with Crippen molar-refractivity contribution in [2.75, 3.05) is 23.3 Å². The summed E-state index contributed by atoms with van der Waals surface area (Å²) in [4.78, 5) is 18.4. The van der Waals surface area contributed by atoms with Crippen LogP contribution in [0.2, 0.25) is 0 Å². The first kappa shape index (κ1) is 17.7. The fraction of sp³-hybridized carbons (Fsp3) is 0.333. The van der Waals surface area contributed by atoms with Crippen molar-refractivity contribution >= 4 is 17.5 Å². The van der Waals surface area contributed by atoms with Crippen LogP contribution in [0.5, 0.6) is 0 Å². The lowest BCUT2D eigenvalue weighted by Crippen LogP contribution is -2.28. The number of pyridine rings is 1. The number of carbonyl (C=O) groups is 1. The lowest BCUT2D eigenvalue weighted by atomic mass is 10.2. The largest absolute Gasteiger partial charge is 0.357 e. The van der Waals surface area contributed by atoms with Crippen LogP contribution < -0.4 is 15.5 Å². The summed E-state index contributed by atoms with van der Waals surface area (Å²) < 4.78 is 13.5. The third-order valence-electron chi connectivity index (χ3n) is 3.78. The molecule has 5 nitrogen and oxygen atoms in total. The van der Waals surface area contributed by atoms with E-state index < -0.39 is 0 Å². The number of halogens is 1. The van der Waals surface area contributed by atoms with Gasteiger partial charge in [0.05, 0.1) is 0 Å². The van der Waals surface area contributed by atoms with E-state index >= 15 is 0 Å². The molecule has 0 atom stereocenters. The molecule has 24 heavy (non-hydrogen) atoms. The number of aryl methyl sites for hydroxylation is 1. The monoisotopic (exact) mass is 330 g/mol. The molecule has 0 aliphatic heterocycles. The fourth-order valence-corrected chi connectivity index (χ4v) is 2.32. The number of nitrogens with zero attached hydrogens (tertiary/aromatic N) is 2. The molecule has 1 aromatic carbocycles. The van der Waals surface area contributed by atoms with Crippen molar-refractivity contribution in [3.63, 3.8) is 0 Å². The normalized spacial score (nSPS) is 10.3. The summed E-state index contributed by atoms with van der Waals surface area (Å²) in [6.45, 7) is 7.95. The average Bonchev–Trinajstić information content (AvgIpc) is 2.58. The van der Waals surface area contributed by atoms with Gasteiger partial charge < -0.3 is 15.5 Å². The van der Waals surface area contributed by atoms with Gasteiger partial charge in [-0.3, -0.25) is 0 Å². The molecule has 2 rings (SSSR count). The number of aromatic nitrogens is 1. The third-order valence-corrected chi connectivity index (χ3v) is 3.78. The molecule has 2 N–H and O–H groups in total. The maximum absolute atomic E-state index is 13.5. The van der Waals surface area contributed by atoms with E-state index in [2.05, 4.69) is 34.4 Å². The Morgan fingerprint density at radius 1 is 1.21 bits per heavy atom. The average molecular weight is 330 g/mol. The van der Waals surface area contributed by atoms with Crippen LogP contribution in [0.4, 0.5) is 20.7 Å². The number of anilines is 2.